The molecule has 0 aliphatic heterocycles. The van der Waals surface area contributed by atoms with Gasteiger partial charge in [0, 0.05) is 6.42 Å². The Kier molecular flexibility index (Phi) is 1.27. The fraction of sp³-hybridized carbons (Fsp3) is 0.500. The fourth-order valence-electron chi connectivity index (χ4n) is 0.673. The van der Waals surface area contributed by atoms with Gasteiger partial charge in [0.05, 0.1) is 12.8 Å². The molecule has 0 atom stereocenters. The maximum absolute atomic E-state index is 10.4. The van der Waals surface area contributed by atoms with Crippen molar-refractivity contribution >= 4 is 5.78 Å². The molecule has 1 aliphatic carbocycles. The van der Waals surface area contributed by atoms with Crippen LogP contribution in [0.3, 0.4) is 0 Å². The topological polar surface area (TPSA) is 37.3 Å². The van der Waals surface area contributed by atoms with Crippen molar-refractivity contribution in [2.45, 2.75) is 19.3 Å². The predicted octanol–water partition coefficient (Wildman–Crippen LogP) is 0.984. The summed E-state index contributed by atoms with van der Waals surface area (Å²) in [5.41, 5.74) is 0. The number of hydrogen-bond acceptors (Lipinski definition) is 2. The number of Topliss-reactive ketones (excluding diaryl/α,β-unsaturated/α-hetero) is 1. The van der Waals surface area contributed by atoms with Crippen molar-refractivity contribution in [3.05, 3.63) is 11.8 Å². The number of hydrogen-bond donors (Lipinski definition) is 1. The van der Waals surface area contributed by atoms with Gasteiger partial charge in [-0.15, -0.1) is 0 Å². The Morgan fingerprint density at radius 3 is 2.75 bits per heavy atom. The molecule has 0 heterocycles. The first kappa shape index (κ1) is 5.26. The molecule has 2 nitrogen and oxygen atoms in total. The van der Waals surface area contributed by atoms with Crippen molar-refractivity contribution < 1.29 is 9.90 Å². The van der Waals surface area contributed by atoms with E-state index in [0.29, 0.717) is 6.42 Å². The highest BCUT2D eigenvalue weighted by Gasteiger charge is 2.24. The fourth-order valence-corrected chi connectivity index (χ4v) is 0.673. The summed E-state index contributed by atoms with van der Waals surface area (Å²) in [6.07, 6.45) is 4.60. The quantitative estimate of drug-likeness (QED) is 0.473. The summed E-state index contributed by atoms with van der Waals surface area (Å²) in [6, 6.07) is 0. The minimum Gasteiger partial charge on any atom is -0.468 e. The molecule has 0 aromatic carbocycles. The molecule has 1 N–H and O–H groups in total. The number of aliphatic hydroxyl groups excluding tert-OH is 1. The summed E-state index contributed by atoms with van der Waals surface area (Å²) in [5.74, 6) is -0.340. The van der Waals surface area contributed by atoms with E-state index in [9.17, 15) is 4.79 Å². The normalized spacial score (nSPS) is 19.5. The summed E-state index contributed by atoms with van der Waals surface area (Å²) in [7, 11) is 0. The molecule has 0 fully saturated rings. The van der Waals surface area contributed by atoms with Crippen LogP contribution in [-0.2, 0) is 4.79 Å². The smallest absolute Gasteiger partial charge is 0.387 e. The number of ketones is 1. The van der Waals surface area contributed by atoms with E-state index in [4.69, 9.17) is 5.11 Å². The third kappa shape index (κ3) is 0.849. The molecule has 0 unspecified atom stereocenters. The standard InChI is InChI=1S/C6H6O2/c7-5-3-1-2-4-6(5)8/h1-3H2/p+1. The lowest BCUT2D eigenvalue weighted by molar-refractivity contribution is -0.118. The molecule has 0 saturated heterocycles. The molecular formula is C6H7O2+. The Bertz CT molecular complexity index is 135. The Hall–Kier alpha value is -0.880. The molecule has 42 valence electrons. The third-order valence-electron chi connectivity index (χ3n) is 1.14. The van der Waals surface area contributed by atoms with Gasteiger partial charge >= 0.3 is 11.5 Å². The summed E-state index contributed by atoms with van der Waals surface area (Å²) in [6.45, 7) is 0. The van der Waals surface area contributed by atoms with Gasteiger partial charge in [0.25, 0.3) is 0 Å². The maximum atomic E-state index is 10.4. The van der Waals surface area contributed by atoms with E-state index in [1.807, 2.05) is 0 Å². The van der Waals surface area contributed by atoms with Crippen molar-refractivity contribution in [3.63, 3.8) is 0 Å². The van der Waals surface area contributed by atoms with E-state index >= 15 is 0 Å². The minimum atomic E-state index is -0.170. The SMILES string of the molecule is O=C1CCC[C+]=C1O. The summed E-state index contributed by atoms with van der Waals surface area (Å²) in [5, 5.41) is 8.63. The van der Waals surface area contributed by atoms with Crippen LogP contribution in [-0.4, -0.2) is 10.9 Å². The van der Waals surface area contributed by atoms with E-state index in [1.54, 1.807) is 0 Å². The van der Waals surface area contributed by atoms with Crippen LogP contribution >= 0.6 is 0 Å². The minimum absolute atomic E-state index is 0.170. The zero-order valence-corrected chi connectivity index (χ0v) is 4.48. The van der Waals surface area contributed by atoms with Crippen molar-refractivity contribution in [1.82, 2.24) is 0 Å². The number of carbonyl (C=O) groups excluding carboxylic acids is 1. The van der Waals surface area contributed by atoms with Crippen LogP contribution in [0.1, 0.15) is 19.3 Å². The summed E-state index contributed by atoms with van der Waals surface area (Å²) < 4.78 is 0. The third-order valence-corrected chi connectivity index (χ3v) is 1.14. The van der Waals surface area contributed by atoms with Gasteiger partial charge in [-0.2, -0.15) is 4.79 Å². The van der Waals surface area contributed by atoms with Crippen LogP contribution in [0.4, 0.5) is 0 Å². The average Bonchev–Trinajstić information content (AvgIpc) is 1.77. The first-order valence-electron chi connectivity index (χ1n) is 2.63. The van der Waals surface area contributed by atoms with Gasteiger partial charge in [-0.1, -0.05) is 0 Å². The van der Waals surface area contributed by atoms with Gasteiger partial charge in [-0.25, -0.2) is 0 Å². The second-order valence-corrected chi connectivity index (χ2v) is 1.80. The molecule has 8 heavy (non-hydrogen) atoms. The van der Waals surface area contributed by atoms with Crippen LogP contribution in [0.25, 0.3) is 0 Å². The second kappa shape index (κ2) is 1.93. The highest BCUT2D eigenvalue weighted by atomic mass is 16.3. The van der Waals surface area contributed by atoms with E-state index in [-0.39, 0.29) is 11.5 Å². The predicted molar refractivity (Wildman–Crippen MR) is 28.2 cm³/mol. The molecule has 1 rings (SSSR count). The molecule has 0 spiro atoms. The van der Waals surface area contributed by atoms with Crippen LogP contribution in [0.5, 0.6) is 0 Å². The molecule has 0 aromatic rings. The molecule has 0 aromatic heterocycles. The summed E-state index contributed by atoms with van der Waals surface area (Å²) in [4.78, 5) is 10.4. The van der Waals surface area contributed by atoms with Crippen molar-refractivity contribution in [1.29, 1.82) is 0 Å². The molecular weight excluding hydrogens is 104 g/mol. The molecule has 0 amide bonds. The van der Waals surface area contributed by atoms with E-state index in [0.717, 1.165) is 12.8 Å². The molecule has 0 saturated carbocycles. The van der Waals surface area contributed by atoms with E-state index in [1.165, 1.54) is 0 Å². The molecule has 1 aliphatic rings. The highest BCUT2D eigenvalue weighted by Crippen LogP contribution is 2.09. The molecule has 0 bridgehead atoms. The average molecular weight is 111 g/mol. The lowest BCUT2D eigenvalue weighted by Gasteiger charge is -1.90. The maximum Gasteiger partial charge on any atom is 0.387 e. The van der Waals surface area contributed by atoms with Gasteiger partial charge in [0.15, 0.2) is 0 Å². The van der Waals surface area contributed by atoms with Crippen molar-refractivity contribution in [2.24, 2.45) is 0 Å². The lowest BCUT2D eigenvalue weighted by atomic mass is 10.1. The number of rotatable bonds is 0. The van der Waals surface area contributed by atoms with Crippen molar-refractivity contribution in [2.75, 3.05) is 0 Å². The second-order valence-electron chi connectivity index (χ2n) is 1.80. The van der Waals surface area contributed by atoms with E-state index < -0.39 is 0 Å². The number of allylic oxidation sites excluding steroid dienone is 2. The van der Waals surface area contributed by atoms with Crippen LogP contribution < -0.4 is 0 Å². The highest BCUT2D eigenvalue weighted by molar-refractivity contribution is 5.92. The monoisotopic (exact) mass is 111 g/mol. The van der Waals surface area contributed by atoms with Crippen molar-refractivity contribution in [3.8, 4) is 0 Å². The zero-order chi connectivity index (χ0) is 5.98. The Labute approximate surface area is 47.8 Å². The first-order chi connectivity index (χ1) is 3.80. The Morgan fingerprint density at radius 1 is 1.62 bits per heavy atom. The van der Waals surface area contributed by atoms with Gasteiger partial charge < -0.3 is 5.11 Å². The van der Waals surface area contributed by atoms with Gasteiger partial charge in [0.1, 0.15) is 6.08 Å². The van der Waals surface area contributed by atoms with Crippen LogP contribution in [0, 0.1) is 6.08 Å². The first-order valence-corrected chi connectivity index (χ1v) is 2.63. The molecule has 0 radical (unpaired) electrons. The van der Waals surface area contributed by atoms with Crippen LogP contribution in [0.2, 0.25) is 0 Å². The zero-order valence-electron chi connectivity index (χ0n) is 4.48. The van der Waals surface area contributed by atoms with Gasteiger partial charge in [0.2, 0.25) is 0 Å². The Morgan fingerprint density at radius 2 is 2.38 bits per heavy atom. The largest absolute Gasteiger partial charge is 0.468 e. The summed E-state index contributed by atoms with van der Waals surface area (Å²) >= 11 is 0. The lowest BCUT2D eigenvalue weighted by Crippen LogP contribution is -2.05. The van der Waals surface area contributed by atoms with Gasteiger partial charge in [-0.3, -0.25) is 0 Å². The van der Waals surface area contributed by atoms with E-state index in [2.05, 4.69) is 6.08 Å². The number of carbonyl (C=O) groups is 1. The Balaban J connectivity index is 2.67. The van der Waals surface area contributed by atoms with Gasteiger partial charge in [-0.05, 0) is 0 Å². The van der Waals surface area contributed by atoms with Crippen LogP contribution in [0.15, 0.2) is 5.76 Å². The number of aliphatic hydroxyl groups is 1. The molecule has 2 heteroatoms.